The van der Waals surface area contributed by atoms with E-state index in [4.69, 9.17) is 0 Å². The summed E-state index contributed by atoms with van der Waals surface area (Å²) in [6.45, 7) is 7.33. The van der Waals surface area contributed by atoms with Crippen LogP contribution < -0.4 is 10.6 Å². The van der Waals surface area contributed by atoms with Gasteiger partial charge in [0.25, 0.3) is 0 Å². The number of hydrogen-bond acceptors (Lipinski definition) is 7. The molecule has 0 fully saturated rings. The zero-order valence-corrected chi connectivity index (χ0v) is 17.9. The first-order chi connectivity index (χ1) is 13.1. The van der Waals surface area contributed by atoms with Crippen LogP contribution in [0.1, 0.15) is 43.7 Å². The van der Waals surface area contributed by atoms with Gasteiger partial charge in [-0.25, -0.2) is 8.42 Å². The van der Waals surface area contributed by atoms with E-state index in [1.54, 1.807) is 25.1 Å². The molecular weight excluding hydrogens is 400 g/mol. The number of carbonyl (C=O) groups is 2. The standard InChI is InChI=1S/C18H24N4O4S2/c1-5-14(16(24)20-18-22-21-17(27-18)11(2)3)28(25,26)10-15(23)19-13-8-6-7-12(4)9-13/h6-9,11,14H,5,10H2,1-4H3,(H,19,23)(H,20,22,24). The molecule has 0 bridgehead atoms. The molecule has 28 heavy (non-hydrogen) atoms. The SMILES string of the molecule is CCC(C(=O)Nc1nnc(C(C)C)s1)S(=O)(=O)CC(=O)Nc1cccc(C)c1. The average molecular weight is 425 g/mol. The number of amides is 2. The number of rotatable bonds is 8. The highest BCUT2D eigenvalue weighted by atomic mass is 32.2. The Kier molecular flexibility index (Phi) is 7.25. The summed E-state index contributed by atoms with van der Waals surface area (Å²) in [5.41, 5.74) is 1.44. The molecule has 10 heteroatoms. The third kappa shape index (κ3) is 5.83. The number of nitrogens with one attached hydrogen (secondary N) is 2. The Morgan fingerprint density at radius 3 is 2.46 bits per heavy atom. The third-order valence-electron chi connectivity index (χ3n) is 3.90. The van der Waals surface area contributed by atoms with Crippen LogP contribution in [0.4, 0.5) is 10.8 Å². The van der Waals surface area contributed by atoms with Gasteiger partial charge in [0, 0.05) is 11.6 Å². The Morgan fingerprint density at radius 1 is 1.18 bits per heavy atom. The fourth-order valence-corrected chi connectivity index (χ4v) is 4.79. The molecule has 0 saturated carbocycles. The third-order valence-corrected chi connectivity index (χ3v) is 7.11. The number of aryl methyl sites for hydroxylation is 1. The minimum atomic E-state index is -4.00. The summed E-state index contributed by atoms with van der Waals surface area (Å²) in [5, 5.41) is 12.5. The second kappa shape index (κ2) is 9.24. The molecule has 1 atom stereocenters. The highest BCUT2D eigenvalue weighted by molar-refractivity contribution is 7.93. The number of nitrogens with zero attached hydrogens (tertiary/aromatic N) is 2. The van der Waals surface area contributed by atoms with Gasteiger partial charge >= 0.3 is 0 Å². The van der Waals surface area contributed by atoms with Gasteiger partial charge < -0.3 is 5.32 Å². The molecule has 1 aromatic carbocycles. The van der Waals surface area contributed by atoms with Crippen LogP contribution in [0.15, 0.2) is 24.3 Å². The molecule has 2 N–H and O–H groups in total. The smallest absolute Gasteiger partial charge is 0.244 e. The van der Waals surface area contributed by atoms with Gasteiger partial charge in [0.1, 0.15) is 16.0 Å². The monoisotopic (exact) mass is 424 g/mol. The van der Waals surface area contributed by atoms with E-state index in [1.807, 2.05) is 26.8 Å². The van der Waals surface area contributed by atoms with E-state index in [0.29, 0.717) is 5.69 Å². The molecule has 0 radical (unpaired) electrons. The van der Waals surface area contributed by atoms with Crippen LogP contribution in [0.25, 0.3) is 0 Å². The van der Waals surface area contributed by atoms with Gasteiger partial charge in [-0.2, -0.15) is 0 Å². The molecule has 152 valence electrons. The zero-order chi connectivity index (χ0) is 20.9. The summed E-state index contributed by atoms with van der Waals surface area (Å²) < 4.78 is 25.2. The lowest BCUT2D eigenvalue weighted by Gasteiger charge is -2.15. The molecule has 2 amide bonds. The maximum absolute atomic E-state index is 12.6. The van der Waals surface area contributed by atoms with Crippen LogP contribution in [0.2, 0.25) is 0 Å². The van der Waals surface area contributed by atoms with Crippen LogP contribution >= 0.6 is 11.3 Å². The summed E-state index contributed by atoms with van der Waals surface area (Å²) in [7, 11) is -4.00. The second-order valence-electron chi connectivity index (χ2n) is 6.71. The molecule has 0 aliphatic carbocycles. The maximum Gasteiger partial charge on any atom is 0.244 e. The van der Waals surface area contributed by atoms with Crippen LogP contribution in [0.5, 0.6) is 0 Å². The summed E-state index contributed by atoms with van der Waals surface area (Å²) in [4.78, 5) is 24.6. The van der Waals surface area contributed by atoms with E-state index < -0.39 is 32.7 Å². The average Bonchev–Trinajstić information content (AvgIpc) is 3.03. The largest absolute Gasteiger partial charge is 0.325 e. The van der Waals surface area contributed by atoms with E-state index in [-0.39, 0.29) is 17.5 Å². The summed E-state index contributed by atoms with van der Waals surface area (Å²) in [6, 6.07) is 7.02. The van der Waals surface area contributed by atoms with Crippen molar-refractivity contribution in [2.75, 3.05) is 16.4 Å². The molecule has 0 saturated heterocycles. The van der Waals surface area contributed by atoms with Crippen LogP contribution in [0, 0.1) is 6.92 Å². The number of carbonyl (C=O) groups excluding carboxylic acids is 2. The Balaban J connectivity index is 2.05. The lowest BCUT2D eigenvalue weighted by atomic mass is 10.2. The zero-order valence-electron chi connectivity index (χ0n) is 16.2. The van der Waals surface area contributed by atoms with E-state index in [2.05, 4.69) is 20.8 Å². The summed E-state index contributed by atoms with van der Waals surface area (Å²) in [6.07, 6.45) is 0.0434. The summed E-state index contributed by atoms with van der Waals surface area (Å²) in [5.74, 6) is -2.02. The molecular formula is C18H24N4O4S2. The van der Waals surface area contributed by atoms with Crippen LogP contribution in [-0.2, 0) is 19.4 Å². The number of aromatic nitrogens is 2. The van der Waals surface area contributed by atoms with Crippen molar-refractivity contribution < 1.29 is 18.0 Å². The quantitative estimate of drug-likeness (QED) is 0.673. The number of anilines is 2. The van der Waals surface area contributed by atoms with Crippen LogP contribution in [-0.4, -0.2) is 41.4 Å². The first-order valence-electron chi connectivity index (χ1n) is 8.84. The molecule has 1 unspecified atom stereocenters. The molecule has 2 aromatic rings. The van der Waals surface area contributed by atoms with Crippen molar-refractivity contribution in [3.63, 3.8) is 0 Å². The first kappa shape index (κ1) is 22.0. The molecule has 1 aromatic heterocycles. The van der Waals surface area contributed by atoms with Crippen molar-refractivity contribution in [3.8, 4) is 0 Å². The van der Waals surface area contributed by atoms with Crippen LogP contribution in [0.3, 0.4) is 0 Å². The number of sulfone groups is 1. The highest BCUT2D eigenvalue weighted by Crippen LogP contribution is 2.23. The number of benzene rings is 1. The van der Waals surface area contributed by atoms with Crippen molar-refractivity contribution in [2.24, 2.45) is 0 Å². The molecule has 1 heterocycles. The van der Waals surface area contributed by atoms with Gasteiger partial charge in [0.15, 0.2) is 9.84 Å². The summed E-state index contributed by atoms with van der Waals surface area (Å²) >= 11 is 1.20. The normalized spacial score (nSPS) is 12.6. The van der Waals surface area contributed by atoms with Gasteiger partial charge in [-0.3, -0.25) is 14.9 Å². The predicted octanol–water partition coefficient (Wildman–Crippen LogP) is 2.74. The van der Waals surface area contributed by atoms with E-state index in [1.165, 1.54) is 11.3 Å². The van der Waals surface area contributed by atoms with E-state index >= 15 is 0 Å². The van der Waals surface area contributed by atoms with Crippen molar-refractivity contribution in [3.05, 3.63) is 34.8 Å². The van der Waals surface area contributed by atoms with E-state index in [9.17, 15) is 18.0 Å². The predicted molar refractivity (Wildman–Crippen MR) is 110 cm³/mol. The Morgan fingerprint density at radius 2 is 1.89 bits per heavy atom. The Labute approximate surface area is 168 Å². The first-order valence-corrected chi connectivity index (χ1v) is 11.4. The van der Waals surface area contributed by atoms with Gasteiger partial charge in [0.2, 0.25) is 16.9 Å². The molecule has 0 aliphatic rings. The second-order valence-corrected chi connectivity index (χ2v) is 9.90. The fraction of sp³-hybridized carbons (Fsp3) is 0.444. The fourth-order valence-electron chi connectivity index (χ4n) is 2.51. The molecule has 8 nitrogen and oxygen atoms in total. The minimum absolute atomic E-state index is 0.0434. The van der Waals surface area contributed by atoms with Gasteiger partial charge in [-0.15, -0.1) is 10.2 Å². The van der Waals surface area contributed by atoms with Gasteiger partial charge in [-0.1, -0.05) is 44.2 Å². The highest BCUT2D eigenvalue weighted by Gasteiger charge is 2.33. The van der Waals surface area contributed by atoms with Gasteiger partial charge in [0.05, 0.1) is 0 Å². The topological polar surface area (TPSA) is 118 Å². The number of hydrogen-bond donors (Lipinski definition) is 2. The van der Waals surface area contributed by atoms with Crippen molar-refractivity contribution in [1.82, 2.24) is 10.2 Å². The van der Waals surface area contributed by atoms with E-state index in [0.717, 1.165) is 10.6 Å². The van der Waals surface area contributed by atoms with Crippen molar-refractivity contribution in [1.29, 1.82) is 0 Å². The lowest BCUT2D eigenvalue weighted by molar-refractivity contribution is -0.115. The lowest BCUT2D eigenvalue weighted by Crippen LogP contribution is -2.39. The Bertz CT molecular complexity index is 954. The van der Waals surface area contributed by atoms with Crippen molar-refractivity contribution >= 4 is 43.8 Å². The maximum atomic E-state index is 12.6. The Hall–Kier alpha value is -2.33. The molecule has 0 spiro atoms. The molecule has 2 rings (SSSR count). The molecule has 0 aliphatic heterocycles. The minimum Gasteiger partial charge on any atom is -0.325 e. The van der Waals surface area contributed by atoms with Crippen molar-refractivity contribution in [2.45, 2.75) is 45.3 Å². The van der Waals surface area contributed by atoms with Gasteiger partial charge in [-0.05, 0) is 31.0 Å².